The van der Waals surface area contributed by atoms with Gasteiger partial charge < -0.3 is 24.2 Å². The summed E-state index contributed by atoms with van der Waals surface area (Å²) in [7, 11) is 4.48. The molecule has 3 aromatic rings. The summed E-state index contributed by atoms with van der Waals surface area (Å²) in [5.41, 5.74) is 2.76. The van der Waals surface area contributed by atoms with E-state index in [0.29, 0.717) is 23.0 Å². The number of nitrogens with zero attached hydrogens (tertiary/aromatic N) is 1. The lowest BCUT2D eigenvalue weighted by Gasteiger charge is -2.26. The lowest BCUT2D eigenvalue weighted by molar-refractivity contribution is -0.140. The molecule has 0 saturated carbocycles. The first kappa shape index (κ1) is 27.1. The van der Waals surface area contributed by atoms with Gasteiger partial charge in [-0.25, -0.2) is 0 Å². The van der Waals surface area contributed by atoms with Gasteiger partial charge in [-0.1, -0.05) is 61.8 Å². The summed E-state index contributed by atoms with van der Waals surface area (Å²) < 4.78 is 16.0. The number of benzene rings is 3. The second-order valence-electron chi connectivity index (χ2n) is 9.28. The first-order chi connectivity index (χ1) is 18.2. The van der Waals surface area contributed by atoms with Gasteiger partial charge in [0.15, 0.2) is 0 Å². The fourth-order valence-electron chi connectivity index (χ4n) is 4.57. The Balaban J connectivity index is 1.88. The lowest BCUT2D eigenvalue weighted by atomic mass is 9.93. The molecule has 0 aromatic heterocycles. The van der Waals surface area contributed by atoms with Crippen LogP contribution in [0, 0.1) is 0 Å². The summed E-state index contributed by atoms with van der Waals surface area (Å²) in [6.07, 6.45) is 0. The van der Waals surface area contributed by atoms with E-state index in [9.17, 15) is 14.7 Å². The summed E-state index contributed by atoms with van der Waals surface area (Å²) in [6.45, 7) is 4.33. The van der Waals surface area contributed by atoms with E-state index in [1.54, 1.807) is 19.2 Å². The fraction of sp³-hybridized carbons (Fsp3) is 0.267. The number of carbonyl (C=O) groups is 2. The maximum absolute atomic E-state index is 13.5. The fourth-order valence-corrected chi connectivity index (χ4v) is 4.81. The van der Waals surface area contributed by atoms with Gasteiger partial charge in [-0.2, -0.15) is 0 Å². The predicted molar refractivity (Wildman–Crippen MR) is 146 cm³/mol. The van der Waals surface area contributed by atoms with E-state index in [-0.39, 0.29) is 34.2 Å². The van der Waals surface area contributed by atoms with Crippen LogP contribution in [0.15, 0.2) is 66.2 Å². The molecule has 1 aliphatic rings. The van der Waals surface area contributed by atoms with Crippen LogP contribution in [0.5, 0.6) is 17.2 Å². The van der Waals surface area contributed by atoms with Crippen molar-refractivity contribution in [2.24, 2.45) is 0 Å². The normalized spacial score (nSPS) is 16.7. The molecule has 1 unspecified atom stereocenters. The number of ketones is 1. The number of amides is 1. The second-order valence-corrected chi connectivity index (χ2v) is 9.69. The number of methoxy groups -OCH3 is 3. The number of likely N-dealkylation sites (tertiary alicyclic amines) is 1. The molecule has 0 spiro atoms. The number of hydrogen-bond donors (Lipinski definition) is 1. The summed E-state index contributed by atoms with van der Waals surface area (Å²) in [4.78, 5) is 28.3. The standard InChI is InChI=1S/C30H30ClNO6/c1-17(2)19-8-10-20(11-9-19)27-26(28(33)22-14-23(31)25(38-5)15-24(22)37-4)29(34)30(35)32(27)16-18-6-12-21(36-3)13-7-18/h6-15,17,27,33H,16H2,1-5H3/b28-26+. The molecule has 8 heteroatoms. The Labute approximate surface area is 227 Å². The number of aliphatic hydroxyl groups is 1. The third-order valence-corrected chi connectivity index (χ3v) is 7.00. The molecular formula is C30H30ClNO6. The van der Waals surface area contributed by atoms with Gasteiger partial charge in [0.25, 0.3) is 11.7 Å². The predicted octanol–water partition coefficient (Wildman–Crippen LogP) is 6.11. The van der Waals surface area contributed by atoms with Crippen LogP contribution < -0.4 is 14.2 Å². The highest BCUT2D eigenvalue weighted by Gasteiger charge is 2.46. The van der Waals surface area contributed by atoms with Crippen molar-refractivity contribution in [3.63, 3.8) is 0 Å². The third-order valence-electron chi connectivity index (χ3n) is 6.70. The average Bonchev–Trinajstić information content (AvgIpc) is 3.17. The molecule has 1 atom stereocenters. The first-order valence-corrected chi connectivity index (χ1v) is 12.5. The van der Waals surface area contributed by atoms with Crippen LogP contribution in [0.4, 0.5) is 0 Å². The van der Waals surface area contributed by atoms with Crippen LogP contribution in [0.1, 0.15) is 48.1 Å². The Kier molecular flexibility index (Phi) is 7.97. The zero-order valence-corrected chi connectivity index (χ0v) is 22.7. The zero-order chi connectivity index (χ0) is 27.6. The minimum atomic E-state index is -0.830. The first-order valence-electron chi connectivity index (χ1n) is 12.1. The van der Waals surface area contributed by atoms with E-state index >= 15 is 0 Å². The highest BCUT2D eigenvalue weighted by Crippen LogP contribution is 2.43. The number of rotatable bonds is 8. The molecule has 1 fully saturated rings. The largest absolute Gasteiger partial charge is 0.507 e. The van der Waals surface area contributed by atoms with Gasteiger partial charge in [0.1, 0.15) is 23.0 Å². The van der Waals surface area contributed by atoms with E-state index < -0.39 is 17.7 Å². The molecule has 4 rings (SSSR count). The molecule has 0 bridgehead atoms. The van der Waals surface area contributed by atoms with E-state index in [1.807, 2.05) is 36.4 Å². The molecular weight excluding hydrogens is 506 g/mol. The van der Waals surface area contributed by atoms with Crippen LogP contribution in [0.3, 0.4) is 0 Å². The Hall–Kier alpha value is -3.97. The van der Waals surface area contributed by atoms with Crippen LogP contribution in [0.2, 0.25) is 5.02 Å². The van der Waals surface area contributed by atoms with Gasteiger partial charge in [-0.15, -0.1) is 0 Å². The third kappa shape index (κ3) is 5.07. The number of Topliss-reactive ketones (excluding diaryl/α,β-unsaturated/α-hetero) is 1. The molecule has 3 aromatic carbocycles. The van der Waals surface area contributed by atoms with Gasteiger partial charge >= 0.3 is 0 Å². The minimum absolute atomic E-state index is 0.0413. The van der Waals surface area contributed by atoms with E-state index in [4.69, 9.17) is 25.8 Å². The van der Waals surface area contributed by atoms with Crippen molar-refractivity contribution < 1.29 is 28.9 Å². The Morgan fingerprint density at radius 3 is 2.11 bits per heavy atom. The van der Waals surface area contributed by atoms with Crippen LogP contribution in [0.25, 0.3) is 5.76 Å². The monoisotopic (exact) mass is 535 g/mol. The van der Waals surface area contributed by atoms with Crippen molar-refractivity contribution in [2.45, 2.75) is 32.4 Å². The van der Waals surface area contributed by atoms with Crippen LogP contribution in [-0.2, 0) is 16.1 Å². The molecule has 1 N–H and O–H groups in total. The van der Waals surface area contributed by atoms with Gasteiger partial charge in [0.05, 0.1) is 43.5 Å². The summed E-state index contributed by atoms with van der Waals surface area (Å²) >= 11 is 6.35. The van der Waals surface area contributed by atoms with Crippen molar-refractivity contribution >= 4 is 29.1 Å². The van der Waals surface area contributed by atoms with Gasteiger partial charge in [-0.3, -0.25) is 9.59 Å². The molecule has 38 heavy (non-hydrogen) atoms. The number of aliphatic hydroxyl groups excluding tert-OH is 1. The summed E-state index contributed by atoms with van der Waals surface area (Å²) in [5, 5.41) is 11.7. The minimum Gasteiger partial charge on any atom is -0.507 e. The molecule has 198 valence electrons. The number of halogens is 1. The Morgan fingerprint density at radius 1 is 0.921 bits per heavy atom. The maximum Gasteiger partial charge on any atom is 0.295 e. The molecule has 1 amide bonds. The van der Waals surface area contributed by atoms with Crippen molar-refractivity contribution in [3.8, 4) is 17.2 Å². The summed E-state index contributed by atoms with van der Waals surface area (Å²) in [5.74, 6) is -0.290. The van der Waals surface area contributed by atoms with Gasteiger partial charge in [0, 0.05) is 12.6 Å². The lowest BCUT2D eigenvalue weighted by Crippen LogP contribution is -2.29. The van der Waals surface area contributed by atoms with Crippen molar-refractivity contribution in [2.75, 3.05) is 21.3 Å². The molecule has 0 aliphatic carbocycles. The van der Waals surface area contributed by atoms with Gasteiger partial charge in [-0.05, 0) is 40.8 Å². The highest BCUT2D eigenvalue weighted by atomic mass is 35.5. The van der Waals surface area contributed by atoms with Crippen molar-refractivity contribution in [1.29, 1.82) is 0 Å². The maximum atomic E-state index is 13.5. The second kappa shape index (κ2) is 11.2. The topological polar surface area (TPSA) is 85.3 Å². The number of carbonyl (C=O) groups excluding carboxylic acids is 2. The SMILES string of the molecule is COc1ccc(CN2C(=O)C(=O)/C(=C(/O)c3cc(Cl)c(OC)cc3OC)C2c2ccc(C(C)C)cc2)cc1. The van der Waals surface area contributed by atoms with Crippen molar-refractivity contribution in [3.05, 3.63) is 93.5 Å². The molecule has 1 heterocycles. The highest BCUT2D eigenvalue weighted by molar-refractivity contribution is 6.46. The van der Waals surface area contributed by atoms with Crippen LogP contribution >= 0.6 is 11.6 Å². The molecule has 0 radical (unpaired) electrons. The quantitative estimate of drug-likeness (QED) is 0.213. The number of ether oxygens (including phenoxy) is 3. The van der Waals surface area contributed by atoms with Crippen LogP contribution in [-0.4, -0.2) is 43.0 Å². The number of hydrogen-bond acceptors (Lipinski definition) is 6. The van der Waals surface area contributed by atoms with E-state index in [1.165, 1.54) is 31.3 Å². The van der Waals surface area contributed by atoms with Gasteiger partial charge in [0.2, 0.25) is 0 Å². The van der Waals surface area contributed by atoms with E-state index in [0.717, 1.165) is 11.1 Å². The smallest absolute Gasteiger partial charge is 0.295 e. The van der Waals surface area contributed by atoms with Crippen molar-refractivity contribution in [1.82, 2.24) is 4.90 Å². The molecule has 7 nitrogen and oxygen atoms in total. The summed E-state index contributed by atoms with van der Waals surface area (Å²) in [6, 6.07) is 17.1. The molecule has 1 aliphatic heterocycles. The zero-order valence-electron chi connectivity index (χ0n) is 21.9. The Morgan fingerprint density at radius 2 is 1.55 bits per heavy atom. The molecule has 1 saturated heterocycles. The average molecular weight is 536 g/mol. The van der Waals surface area contributed by atoms with E-state index in [2.05, 4.69) is 13.8 Å². The Bertz CT molecular complexity index is 1380.